The lowest BCUT2D eigenvalue weighted by molar-refractivity contribution is -0.123. The van der Waals surface area contributed by atoms with Gasteiger partial charge in [0.05, 0.1) is 17.5 Å². The molecule has 98 valence electrons. The van der Waals surface area contributed by atoms with E-state index < -0.39 is 0 Å². The Bertz CT molecular complexity index is 552. The fraction of sp³-hybridized carbons (Fsp3) is 0.500. The Labute approximate surface area is 112 Å². The Kier molecular flexibility index (Phi) is 2.17. The van der Waals surface area contributed by atoms with Crippen LogP contribution in [-0.4, -0.2) is 11.8 Å². The van der Waals surface area contributed by atoms with Crippen LogP contribution in [0.4, 0.5) is 5.69 Å². The fourth-order valence-electron chi connectivity index (χ4n) is 4.43. The van der Waals surface area contributed by atoms with Crippen molar-refractivity contribution < 1.29 is 9.59 Å². The Morgan fingerprint density at radius 2 is 1.68 bits per heavy atom. The Morgan fingerprint density at radius 3 is 2.26 bits per heavy atom. The van der Waals surface area contributed by atoms with Crippen molar-refractivity contribution in [3.05, 3.63) is 29.8 Å². The number of amides is 2. The molecule has 1 aromatic carbocycles. The van der Waals surface area contributed by atoms with Crippen LogP contribution < -0.4 is 4.90 Å². The van der Waals surface area contributed by atoms with Crippen LogP contribution in [0.15, 0.2) is 24.3 Å². The van der Waals surface area contributed by atoms with Gasteiger partial charge in [-0.25, -0.2) is 0 Å². The molecular formula is C16H17NO2. The summed E-state index contributed by atoms with van der Waals surface area (Å²) >= 11 is 0. The average molecular weight is 255 g/mol. The van der Waals surface area contributed by atoms with Crippen molar-refractivity contribution in [1.82, 2.24) is 0 Å². The lowest BCUT2D eigenvalue weighted by Gasteiger charge is -2.19. The normalized spacial score (nSPS) is 36.2. The maximum atomic E-state index is 12.6. The molecule has 0 spiro atoms. The number of aryl methyl sites for hydroxylation is 1. The zero-order valence-electron chi connectivity index (χ0n) is 11.0. The van der Waals surface area contributed by atoms with E-state index in [0.29, 0.717) is 11.8 Å². The van der Waals surface area contributed by atoms with Gasteiger partial charge in [-0.05, 0) is 55.7 Å². The first-order valence-electron chi connectivity index (χ1n) is 7.11. The molecule has 1 aromatic rings. The van der Waals surface area contributed by atoms with Crippen LogP contribution >= 0.6 is 0 Å². The third kappa shape index (κ3) is 1.38. The SMILES string of the molecule is Cc1cccc(N2C(=O)[C@H]3[C@@H]4CC[C@@H](C4)[C@@H]3C2=O)c1. The maximum Gasteiger partial charge on any atom is 0.237 e. The van der Waals surface area contributed by atoms with Gasteiger partial charge in [0.1, 0.15) is 0 Å². The van der Waals surface area contributed by atoms with Crippen molar-refractivity contribution in [2.24, 2.45) is 23.7 Å². The van der Waals surface area contributed by atoms with Gasteiger partial charge in [0, 0.05) is 0 Å². The number of hydrogen-bond acceptors (Lipinski definition) is 2. The van der Waals surface area contributed by atoms with Gasteiger partial charge in [0.25, 0.3) is 0 Å². The zero-order chi connectivity index (χ0) is 13.1. The number of carbonyl (C=O) groups is 2. The van der Waals surface area contributed by atoms with Crippen molar-refractivity contribution >= 4 is 17.5 Å². The first-order valence-corrected chi connectivity index (χ1v) is 7.11. The second-order valence-electron chi connectivity index (χ2n) is 6.24. The molecule has 3 nitrogen and oxygen atoms in total. The first-order chi connectivity index (χ1) is 9.16. The van der Waals surface area contributed by atoms with Crippen molar-refractivity contribution in [3.63, 3.8) is 0 Å². The van der Waals surface area contributed by atoms with Crippen LogP contribution in [-0.2, 0) is 9.59 Å². The zero-order valence-corrected chi connectivity index (χ0v) is 11.0. The molecule has 0 N–H and O–H groups in total. The standard InChI is InChI=1S/C16H17NO2/c1-9-3-2-4-12(7-9)17-15(18)13-10-5-6-11(8-10)14(13)16(17)19/h2-4,7,10-11,13-14H,5-6,8H2,1H3/t10-,11+,13-,14-/m0/s1. The molecule has 0 aromatic heterocycles. The van der Waals surface area contributed by atoms with Crippen LogP contribution in [0.3, 0.4) is 0 Å². The summed E-state index contributed by atoms with van der Waals surface area (Å²) in [6.45, 7) is 1.99. The van der Waals surface area contributed by atoms with Crippen molar-refractivity contribution in [1.29, 1.82) is 0 Å². The number of fused-ring (bicyclic) bond motifs is 5. The molecule has 1 heterocycles. The van der Waals surface area contributed by atoms with Crippen LogP contribution in [0.2, 0.25) is 0 Å². The fourth-order valence-corrected chi connectivity index (χ4v) is 4.43. The Hall–Kier alpha value is -1.64. The molecule has 2 aliphatic carbocycles. The third-order valence-electron chi connectivity index (χ3n) is 5.19. The van der Waals surface area contributed by atoms with E-state index in [4.69, 9.17) is 0 Å². The van der Waals surface area contributed by atoms with E-state index in [9.17, 15) is 9.59 Å². The second-order valence-corrected chi connectivity index (χ2v) is 6.24. The summed E-state index contributed by atoms with van der Waals surface area (Å²) in [5, 5.41) is 0. The first kappa shape index (κ1) is 11.2. The molecular weight excluding hydrogens is 238 g/mol. The largest absolute Gasteiger partial charge is 0.274 e. The van der Waals surface area contributed by atoms with Crippen molar-refractivity contribution in [2.45, 2.75) is 26.2 Å². The van der Waals surface area contributed by atoms with Gasteiger partial charge in [-0.15, -0.1) is 0 Å². The monoisotopic (exact) mass is 255 g/mol. The minimum Gasteiger partial charge on any atom is -0.274 e. The van der Waals surface area contributed by atoms with E-state index in [2.05, 4.69) is 0 Å². The summed E-state index contributed by atoms with van der Waals surface area (Å²) in [5.41, 5.74) is 1.84. The van der Waals surface area contributed by atoms with Crippen molar-refractivity contribution in [2.75, 3.05) is 4.90 Å². The van der Waals surface area contributed by atoms with Crippen LogP contribution in [0.5, 0.6) is 0 Å². The molecule has 1 saturated heterocycles. The lowest BCUT2D eigenvalue weighted by atomic mass is 9.81. The predicted molar refractivity (Wildman–Crippen MR) is 71.5 cm³/mol. The number of nitrogens with zero attached hydrogens (tertiary/aromatic N) is 1. The molecule has 4 rings (SSSR count). The molecule has 19 heavy (non-hydrogen) atoms. The highest BCUT2D eigenvalue weighted by atomic mass is 16.2. The molecule has 2 saturated carbocycles. The number of anilines is 1. The van der Waals surface area contributed by atoms with E-state index in [-0.39, 0.29) is 23.7 Å². The molecule has 3 heteroatoms. The number of rotatable bonds is 1. The Morgan fingerprint density at radius 1 is 1.05 bits per heavy atom. The highest BCUT2D eigenvalue weighted by Gasteiger charge is 2.61. The summed E-state index contributed by atoms with van der Waals surface area (Å²) in [4.78, 5) is 26.7. The average Bonchev–Trinajstić information content (AvgIpc) is 3.04. The summed E-state index contributed by atoms with van der Waals surface area (Å²) in [6.07, 6.45) is 3.35. The molecule has 4 atom stereocenters. The van der Waals surface area contributed by atoms with Crippen LogP contribution in [0, 0.1) is 30.6 Å². The van der Waals surface area contributed by atoms with Gasteiger partial charge >= 0.3 is 0 Å². The number of hydrogen-bond donors (Lipinski definition) is 0. The molecule has 3 aliphatic rings. The van der Waals surface area contributed by atoms with Gasteiger partial charge in [0.15, 0.2) is 0 Å². The summed E-state index contributed by atoms with van der Waals surface area (Å²) in [7, 11) is 0. The van der Waals surface area contributed by atoms with Gasteiger partial charge in [-0.3, -0.25) is 14.5 Å². The lowest BCUT2D eigenvalue weighted by Crippen LogP contribution is -2.32. The summed E-state index contributed by atoms with van der Waals surface area (Å²) < 4.78 is 0. The minimum atomic E-state index is -0.0215. The Balaban J connectivity index is 1.75. The van der Waals surface area contributed by atoms with Crippen LogP contribution in [0.1, 0.15) is 24.8 Å². The molecule has 0 unspecified atom stereocenters. The molecule has 2 bridgehead atoms. The highest BCUT2D eigenvalue weighted by molar-refractivity contribution is 6.22. The highest BCUT2D eigenvalue weighted by Crippen LogP contribution is 2.56. The van der Waals surface area contributed by atoms with E-state index >= 15 is 0 Å². The molecule has 2 amide bonds. The molecule has 1 aliphatic heterocycles. The summed E-state index contributed by atoms with van der Waals surface area (Å²) in [5.74, 6) is 0.974. The summed E-state index contributed by atoms with van der Waals surface area (Å²) in [6, 6.07) is 7.69. The minimum absolute atomic E-state index is 0.0215. The van der Waals surface area contributed by atoms with E-state index in [0.717, 1.165) is 30.5 Å². The molecule has 0 radical (unpaired) electrons. The second kappa shape index (κ2) is 3.69. The predicted octanol–water partition coefficient (Wildman–Crippen LogP) is 2.53. The topological polar surface area (TPSA) is 37.4 Å². The maximum absolute atomic E-state index is 12.6. The van der Waals surface area contributed by atoms with Gasteiger partial charge in [0.2, 0.25) is 11.8 Å². The third-order valence-corrected chi connectivity index (χ3v) is 5.19. The number of benzene rings is 1. The number of carbonyl (C=O) groups excluding carboxylic acids is 2. The van der Waals surface area contributed by atoms with E-state index in [1.807, 2.05) is 31.2 Å². The van der Waals surface area contributed by atoms with Gasteiger partial charge in [-0.1, -0.05) is 12.1 Å². The van der Waals surface area contributed by atoms with E-state index in [1.54, 1.807) is 0 Å². The molecule has 3 fully saturated rings. The van der Waals surface area contributed by atoms with Crippen molar-refractivity contribution in [3.8, 4) is 0 Å². The quantitative estimate of drug-likeness (QED) is 0.723. The van der Waals surface area contributed by atoms with Crippen LogP contribution in [0.25, 0.3) is 0 Å². The number of imide groups is 1. The van der Waals surface area contributed by atoms with Gasteiger partial charge < -0.3 is 0 Å². The smallest absolute Gasteiger partial charge is 0.237 e. The van der Waals surface area contributed by atoms with Gasteiger partial charge in [-0.2, -0.15) is 0 Å². The van der Waals surface area contributed by atoms with E-state index in [1.165, 1.54) is 4.90 Å².